The maximum Gasteiger partial charge on any atom is 0.213 e. The summed E-state index contributed by atoms with van der Waals surface area (Å²) in [4.78, 5) is 0. The van der Waals surface area contributed by atoms with Crippen LogP contribution in [-0.2, 0) is 14.8 Å². The van der Waals surface area contributed by atoms with Crippen LogP contribution in [0.15, 0.2) is 30.3 Å². The van der Waals surface area contributed by atoms with Gasteiger partial charge in [0.2, 0.25) is 10.0 Å². The van der Waals surface area contributed by atoms with Gasteiger partial charge in [0.05, 0.1) is 12.4 Å². The summed E-state index contributed by atoms with van der Waals surface area (Å²) < 4.78 is 30.1. The van der Waals surface area contributed by atoms with Crippen molar-refractivity contribution in [2.24, 2.45) is 5.73 Å². The van der Waals surface area contributed by atoms with Crippen LogP contribution >= 0.6 is 12.4 Å². The van der Waals surface area contributed by atoms with Gasteiger partial charge in [0.15, 0.2) is 0 Å². The Kier molecular flexibility index (Phi) is 8.13. The van der Waals surface area contributed by atoms with Gasteiger partial charge in [-0.1, -0.05) is 30.3 Å². The quantitative estimate of drug-likeness (QED) is 0.775. The van der Waals surface area contributed by atoms with Crippen molar-refractivity contribution in [3.63, 3.8) is 0 Å². The highest BCUT2D eigenvalue weighted by Gasteiger charge is 2.12. The minimum absolute atomic E-state index is 0. The molecule has 0 aliphatic heterocycles. The zero-order valence-corrected chi connectivity index (χ0v) is 11.8. The Morgan fingerprint density at radius 2 is 1.94 bits per heavy atom. The molecule has 1 aromatic rings. The number of benzene rings is 1. The first-order valence-electron chi connectivity index (χ1n) is 5.32. The molecular formula is C11H19ClN2O3S. The van der Waals surface area contributed by atoms with Crippen LogP contribution in [0.5, 0.6) is 0 Å². The molecule has 0 saturated heterocycles. The van der Waals surface area contributed by atoms with E-state index in [9.17, 15) is 8.42 Å². The molecule has 7 heteroatoms. The first-order valence-corrected chi connectivity index (χ1v) is 6.97. The van der Waals surface area contributed by atoms with Crippen molar-refractivity contribution in [3.8, 4) is 0 Å². The van der Waals surface area contributed by atoms with Crippen LogP contribution in [-0.4, -0.2) is 34.4 Å². The lowest BCUT2D eigenvalue weighted by molar-refractivity contribution is 0.217. The van der Waals surface area contributed by atoms with Crippen molar-refractivity contribution in [2.75, 3.05) is 26.0 Å². The minimum Gasteiger partial charge on any atom is -0.384 e. The van der Waals surface area contributed by atoms with Gasteiger partial charge < -0.3 is 10.5 Å². The molecule has 3 N–H and O–H groups in total. The third-order valence-electron chi connectivity index (χ3n) is 2.31. The molecule has 5 nitrogen and oxygen atoms in total. The normalized spacial score (nSPS) is 12.8. The van der Waals surface area contributed by atoms with Crippen molar-refractivity contribution in [1.82, 2.24) is 4.72 Å². The van der Waals surface area contributed by atoms with Gasteiger partial charge in [-0.05, 0) is 5.56 Å². The summed E-state index contributed by atoms with van der Waals surface area (Å²) in [5, 5.41) is 0. The van der Waals surface area contributed by atoms with E-state index in [2.05, 4.69) is 4.72 Å². The van der Waals surface area contributed by atoms with Crippen LogP contribution in [0.2, 0.25) is 0 Å². The second-order valence-corrected chi connectivity index (χ2v) is 5.60. The number of halogens is 1. The summed E-state index contributed by atoms with van der Waals surface area (Å²) in [6, 6.07) is 9.03. The highest BCUT2D eigenvalue weighted by molar-refractivity contribution is 7.89. The van der Waals surface area contributed by atoms with Gasteiger partial charge in [-0.3, -0.25) is 0 Å². The van der Waals surface area contributed by atoms with Gasteiger partial charge in [0, 0.05) is 19.7 Å². The van der Waals surface area contributed by atoms with E-state index < -0.39 is 10.0 Å². The molecular weight excluding hydrogens is 276 g/mol. The van der Waals surface area contributed by atoms with Gasteiger partial charge in [-0.2, -0.15) is 0 Å². The number of nitrogens with two attached hydrogens (primary N) is 1. The van der Waals surface area contributed by atoms with Crippen LogP contribution in [0.1, 0.15) is 11.6 Å². The van der Waals surface area contributed by atoms with Crippen molar-refractivity contribution < 1.29 is 13.2 Å². The summed E-state index contributed by atoms with van der Waals surface area (Å²) in [5.41, 5.74) is 6.78. The fraction of sp³-hybridized carbons (Fsp3) is 0.455. The number of rotatable bonds is 7. The first kappa shape index (κ1) is 17.3. The molecule has 0 heterocycles. The van der Waals surface area contributed by atoms with Gasteiger partial charge >= 0.3 is 0 Å². The predicted octanol–water partition coefficient (Wildman–Crippen LogP) is 0.674. The topological polar surface area (TPSA) is 81.4 Å². The van der Waals surface area contributed by atoms with Gasteiger partial charge in [0.25, 0.3) is 0 Å². The Morgan fingerprint density at radius 3 is 2.50 bits per heavy atom. The van der Waals surface area contributed by atoms with E-state index in [1.165, 1.54) is 7.11 Å². The number of hydrogen-bond acceptors (Lipinski definition) is 4. The smallest absolute Gasteiger partial charge is 0.213 e. The van der Waals surface area contributed by atoms with Crippen LogP contribution in [0.3, 0.4) is 0 Å². The standard InChI is InChI=1S/C11H18N2O3S.ClH/c1-16-7-8-17(14,15)13-9-11(12)10-5-3-2-4-6-10;/h2-6,11,13H,7-9,12H2,1H3;1H. The molecule has 0 amide bonds. The molecule has 0 fully saturated rings. The summed E-state index contributed by atoms with van der Waals surface area (Å²) in [7, 11) is -1.84. The molecule has 0 saturated carbocycles. The first-order chi connectivity index (χ1) is 8.05. The van der Waals surface area contributed by atoms with E-state index in [0.717, 1.165) is 5.56 Å². The Morgan fingerprint density at radius 1 is 1.33 bits per heavy atom. The summed E-state index contributed by atoms with van der Waals surface area (Å²) in [6.45, 7) is 0.367. The van der Waals surface area contributed by atoms with Crippen LogP contribution < -0.4 is 10.5 Å². The van der Waals surface area contributed by atoms with Crippen molar-refractivity contribution in [2.45, 2.75) is 6.04 Å². The largest absolute Gasteiger partial charge is 0.384 e. The van der Waals surface area contributed by atoms with Gasteiger partial charge in [-0.25, -0.2) is 13.1 Å². The molecule has 0 aliphatic carbocycles. The molecule has 1 unspecified atom stereocenters. The summed E-state index contributed by atoms with van der Waals surface area (Å²) >= 11 is 0. The van der Waals surface area contributed by atoms with Gasteiger partial charge in [-0.15, -0.1) is 12.4 Å². The molecule has 0 spiro atoms. The third-order valence-corrected chi connectivity index (χ3v) is 3.62. The predicted molar refractivity (Wildman–Crippen MR) is 74.3 cm³/mol. The summed E-state index contributed by atoms with van der Waals surface area (Å²) in [5.74, 6) is -0.0506. The maximum atomic E-state index is 11.5. The highest BCUT2D eigenvalue weighted by Crippen LogP contribution is 2.08. The molecule has 0 bridgehead atoms. The molecule has 1 rings (SSSR count). The number of sulfonamides is 1. The molecule has 1 atom stereocenters. The van der Waals surface area contributed by atoms with Crippen molar-refractivity contribution in [3.05, 3.63) is 35.9 Å². The van der Waals surface area contributed by atoms with Crippen LogP contribution in [0.4, 0.5) is 0 Å². The Labute approximate surface area is 114 Å². The van der Waals surface area contributed by atoms with E-state index in [1.807, 2.05) is 30.3 Å². The highest BCUT2D eigenvalue weighted by atomic mass is 35.5. The Balaban J connectivity index is 0.00000289. The fourth-order valence-electron chi connectivity index (χ4n) is 1.30. The lowest BCUT2D eigenvalue weighted by Gasteiger charge is -2.13. The average Bonchev–Trinajstić information content (AvgIpc) is 2.35. The molecule has 0 aliphatic rings. The second kappa shape index (κ2) is 8.44. The van der Waals surface area contributed by atoms with E-state index >= 15 is 0 Å². The van der Waals surface area contributed by atoms with Crippen molar-refractivity contribution >= 4 is 22.4 Å². The number of nitrogens with one attached hydrogen (secondary N) is 1. The zero-order valence-electron chi connectivity index (χ0n) is 10.2. The number of hydrogen-bond donors (Lipinski definition) is 2. The molecule has 104 valence electrons. The summed E-state index contributed by atoms with van der Waals surface area (Å²) in [6.07, 6.45) is 0. The Bertz CT molecular complexity index is 425. The van der Waals surface area contributed by atoms with Crippen molar-refractivity contribution in [1.29, 1.82) is 0 Å². The number of methoxy groups -OCH3 is 1. The average molecular weight is 295 g/mol. The van der Waals surface area contributed by atoms with E-state index in [1.54, 1.807) is 0 Å². The molecule has 0 aromatic heterocycles. The maximum absolute atomic E-state index is 11.5. The lowest BCUT2D eigenvalue weighted by Crippen LogP contribution is -2.34. The zero-order chi connectivity index (χ0) is 12.7. The van der Waals surface area contributed by atoms with Crippen LogP contribution in [0, 0.1) is 0 Å². The van der Waals surface area contributed by atoms with Crippen LogP contribution in [0.25, 0.3) is 0 Å². The molecule has 1 aromatic carbocycles. The van der Waals surface area contributed by atoms with Gasteiger partial charge in [0.1, 0.15) is 0 Å². The number of ether oxygens (including phenoxy) is 1. The van der Waals surface area contributed by atoms with E-state index in [0.29, 0.717) is 0 Å². The van der Waals surface area contributed by atoms with E-state index in [4.69, 9.17) is 10.5 Å². The monoisotopic (exact) mass is 294 g/mol. The SMILES string of the molecule is COCCS(=O)(=O)NCC(N)c1ccccc1.Cl. The third kappa shape index (κ3) is 6.32. The lowest BCUT2D eigenvalue weighted by atomic mass is 10.1. The minimum atomic E-state index is -3.30. The fourth-order valence-corrected chi connectivity index (χ4v) is 2.26. The molecule has 18 heavy (non-hydrogen) atoms. The second-order valence-electron chi connectivity index (χ2n) is 3.68. The van der Waals surface area contributed by atoms with E-state index in [-0.39, 0.29) is 37.4 Å². The molecule has 0 radical (unpaired) electrons. The Hall–Kier alpha value is -0.660.